The lowest BCUT2D eigenvalue weighted by Crippen LogP contribution is -2.42. The highest BCUT2D eigenvalue weighted by molar-refractivity contribution is 7.98. The smallest absolute Gasteiger partial charge is 0.221 e. The van der Waals surface area contributed by atoms with E-state index < -0.39 is 33.9 Å². The maximum atomic E-state index is 14.2. The van der Waals surface area contributed by atoms with Gasteiger partial charge in [0.1, 0.15) is 12.0 Å². The number of hydrogen-bond donors (Lipinski definition) is 4. The van der Waals surface area contributed by atoms with E-state index >= 15 is 0 Å². The van der Waals surface area contributed by atoms with Gasteiger partial charge in [0.05, 0.1) is 11.9 Å². The second-order valence-electron chi connectivity index (χ2n) is 9.64. The molecule has 1 saturated carbocycles. The van der Waals surface area contributed by atoms with Gasteiger partial charge in [-0.2, -0.15) is 5.10 Å². The normalized spacial score (nSPS) is 24.9. The first kappa shape index (κ1) is 24.5. The van der Waals surface area contributed by atoms with Gasteiger partial charge < -0.3 is 15.2 Å². The van der Waals surface area contributed by atoms with E-state index in [0.29, 0.717) is 48.9 Å². The Bertz CT molecular complexity index is 1280. The van der Waals surface area contributed by atoms with Crippen LogP contribution in [0.2, 0.25) is 0 Å². The maximum Gasteiger partial charge on any atom is 0.221 e. The molecule has 1 saturated heterocycles. The van der Waals surface area contributed by atoms with E-state index in [4.69, 9.17) is 15.6 Å². The van der Waals surface area contributed by atoms with Crippen LogP contribution >= 0.6 is 0 Å². The third kappa shape index (κ3) is 5.03. The van der Waals surface area contributed by atoms with Crippen LogP contribution < -0.4 is 10.6 Å². The van der Waals surface area contributed by atoms with Crippen molar-refractivity contribution in [2.75, 3.05) is 29.5 Å². The number of rotatable bonds is 5. The van der Waals surface area contributed by atoms with Crippen molar-refractivity contribution in [3.05, 3.63) is 60.3 Å². The van der Waals surface area contributed by atoms with Gasteiger partial charge in [0.25, 0.3) is 0 Å². The summed E-state index contributed by atoms with van der Waals surface area (Å²) < 4.78 is 47.2. The predicted molar refractivity (Wildman–Crippen MR) is 137 cm³/mol. The molecule has 36 heavy (non-hydrogen) atoms. The monoisotopic (exact) mass is 516 g/mol. The first-order chi connectivity index (χ1) is 17.2. The Balaban J connectivity index is 1.51. The van der Waals surface area contributed by atoms with Gasteiger partial charge in [0.2, 0.25) is 5.91 Å². The zero-order chi connectivity index (χ0) is 25.4. The molecule has 1 aliphatic heterocycles. The Morgan fingerprint density at radius 3 is 2.50 bits per heavy atom. The number of nitrogens with two attached hydrogens (primary N) is 1. The number of amides is 1. The number of hydrogen-bond acceptors (Lipinski definition) is 5. The highest BCUT2D eigenvalue weighted by Gasteiger charge is 2.38. The van der Waals surface area contributed by atoms with E-state index in [1.165, 1.54) is 12.1 Å². The molecule has 0 bridgehead atoms. The largest absolute Gasteiger partial charge is 0.370 e. The minimum atomic E-state index is -2.52. The molecule has 3 aromatic rings. The van der Waals surface area contributed by atoms with Crippen LogP contribution in [0.1, 0.15) is 30.9 Å². The Hall–Kier alpha value is -3.18. The summed E-state index contributed by atoms with van der Waals surface area (Å²) in [5, 5.41) is 4.74. The Labute approximate surface area is 209 Å². The summed E-state index contributed by atoms with van der Waals surface area (Å²) in [4.78, 5) is 18.5. The van der Waals surface area contributed by atoms with Crippen LogP contribution in [0.5, 0.6) is 0 Å². The fraction of sp³-hybridized carbons (Fsp3) is 0.400. The zero-order valence-electron chi connectivity index (χ0n) is 19.7. The van der Waals surface area contributed by atoms with E-state index in [1.54, 1.807) is 10.9 Å². The molecule has 4 N–H and O–H groups in total. The molecule has 8 nitrogen and oxygen atoms in total. The lowest BCUT2D eigenvalue weighted by molar-refractivity contribution is -0.124. The van der Waals surface area contributed by atoms with Gasteiger partial charge in [-0.15, -0.1) is 10.1 Å². The van der Waals surface area contributed by atoms with Gasteiger partial charge in [0, 0.05) is 53.9 Å². The van der Waals surface area contributed by atoms with Crippen molar-refractivity contribution in [3.8, 4) is 16.9 Å². The average Bonchev–Trinajstić information content (AvgIpc) is 3.30. The molecule has 3 heterocycles. The number of thiol groups is 1. The standard InChI is InChI=1S/C25H30F2N6O2S/c26-17-3-7-20(21(13-17)25(28)34)24-22(15-33(31-24)23-8-4-18(27)14-30-23)16-1-5-19(6-2-16)32-9-11-36(29,35)12-10-32/h1-2,4-6,8,14-15,17,20-21,36H,3,7,9-13H2,(H2,28,34)(H2,29,35). The molecule has 0 radical (unpaired) electrons. The summed E-state index contributed by atoms with van der Waals surface area (Å²) in [5.41, 5.74) is 8.97. The van der Waals surface area contributed by atoms with Crippen LogP contribution in [-0.2, 0) is 14.9 Å². The lowest BCUT2D eigenvalue weighted by Gasteiger charge is -2.36. The summed E-state index contributed by atoms with van der Waals surface area (Å²) in [6.45, 7) is 1.28. The van der Waals surface area contributed by atoms with E-state index in [1.807, 2.05) is 24.3 Å². The number of benzene rings is 1. The van der Waals surface area contributed by atoms with E-state index in [0.717, 1.165) is 23.0 Å². The molecule has 5 rings (SSSR count). The van der Waals surface area contributed by atoms with E-state index in [9.17, 15) is 18.1 Å². The van der Waals surface area contributed by atoms with Gasteiger partial charge in [-0.25, -0.2) is 18.4 Å². The Kier molecular flexibility index (Phi) is 6.60. The lowest BCUT2D eigenvalue weighted by atomic mass is 9.75. The maximum absolute atomic E-state index is 14.2. The molecule has 2 fully saturated rings. The van der Waals surface area contributed by atoms with Crippen molar-refractivity contribution in [1.29, 1.82) is 4.78 Å². The Morgan fingerprint density at radius 2 is 1.86 bits per heavy atom. The fourth-order valence-electron chi connectivity index (χ4n) is 5.17. The number of anilines is 1. The Morgan fingerprint density at radius 1 is 1.14 bits per heavy atom. The van der Waals surface area contributed by atoms with Crippen LogP contribution in [-0.4, -0.2) is 56.0 Å². The van der Waals surface area contributed by atoms with Gasteiger partial charge in [-0.1, -0.05) is 12.1 Å². The topological polar surface area (TPSA) is 121 Å². The first-order valence-corrected chi connectivity index (χ1v) is 14.2. The molecule has 2 aromatic heterocycles. The van der Waals surface area contributed by atoms with E-state index in [2.05, 4.69) is 9.88 Å². The molecule has 0 spiro atoms. The fourth-order valence-corrected chi connectivity index (χ4v) is 6.54. The highest BCUT2D eigenvalue weighted by Crippen LogP contribution is 2.42. The molecular weight excluding hydrogens is 486 g/mol. The average molecular weight is 517 g/mol. The summed E-state index contributed by atoms with van der Waals surface area (Å²) in [7, 11) is -2.52. The minimum absolute atomic E-state index is 0.0694. The number of aromatic nitrogens is 3. The van der Waals surface area contributed by atoms with Crippen molar-refractivity contribution in [3.63, 3.8) is 0 Å². The number of halogens is 2. The van der Waals surface area contributed by atoms with Gasteiger partial charge in [0.15, 0.2) is 5.82 Å². The zero-order valence-corrected chi connectivity index (χ0v) is 20.6. The number of carbonyl (C=O) groups is 1. The molecule has 1 aromatic carbocycles. The van der Waals surface area contributed by atoms with Crippen molar-refractivity contribution < 1.29 is 18.1 Å². The van der Waals surface area contributed by atoms with Crippen LogP contribution in [0.25, 0.3) is 16.9 Å². The second kappa shape index (κ2) is 9.70. The van der Waals surface area contributed by atoms with Crippen molar-refractivity contribution in [1.82, 2.24) is 14.8 Å². The van der Waals surface area contributed by atoms with Crippen LogP contribution in [0.3, 0.4) is 0 Å². The number of nitrogens with zero attached hydrogens (tertiary/aromatic N) is 4. The summed E-state index contributed by atoms with van der Waals surface area (Å²) in [6.07, 6.45) is 2.69. The van der Waals surface area contributed by atoms with Crippen LogP contribution in [0.15, 0.2) is 48.8 Å². The van der Waals surface area contributed by atoms with Crippen molar-refractivity contribution >= 4 is 21.7 Å². The molecule has 192 valence electrons. The summed E-state index contributed by atoms with van der Waals surface area (Å²) >= 11 is 0. The molecule has 2 aliphatic rings. The number of primary amides is 1. The molecule has 1 amide bonds. The molecule has 3 atom stereocenters. The van der Waals surface area contributed by atoms with Crippen LogP contribution in [0.4, 0.5) is 14.5 Å². The number of alkyl halides is 1. The highest BCUT2D eigenvalue weighted by atomic mass is 32.3. The quantitative estimate of drug-likeness (QED) is 0.385. The SMILES string of the molecule is N=[SH]1(O)CCN(c2ccc(-c3cn(-c4ccc(F)cn4)nc3C3CCC(F)CC3C(N)=O)cc2)CC1. The van der Waals surface area contributed by atoms with Gasteiger partial charge in [-0.05, 0) is 49.1 Å². The molecule has 1 aliphatic carbocycles. The second-order valence-corrected chi connectivity index (χ2v) is 12.4. The number of nitrogens with one attached hydrogen (secondary N) is 1. The third-order valence-electron chi connectivity index (χ3n) is 7.22. The van der Waals surface area contributed by atoms with Crippen LogP contribution in [0, 0.1) is 16.5 Å². The van der Waals surface area contributed by atoms with Crippen molar-refractivity contribution in [2.45, 2.75) is 31.4 Å². The molecular formula is C25H30F2N6O2S. The summed E-state index contributed by atoms with van der Waals surface area (Å²) in [5.74, 6) is -0.608. The molecule has 3 unspecified atom stereocenters. The number of carbonyl (C=O) groups excluding carboxylic acids is 1. The molecule has 11 heteroatoms. The van der Waals surface area contributed by atoms with E-state index in [-0.39, 0.29) is 12.3 Å². The predicted octanol–water partition coefficient (Wildman–Crippen LogP) is 3.72. The van der Waals surface area contributed by atoms with Gasteiger partial charge >= 0.3 is 0 Å². The van der Waals surface area contributed by atoms with Crippen molar-refractivity contribution in [2.24, 2.45) is 11.7 Å². The minimum Gasteiger partial charge on any atom is -0.370 e. The number of pyridine rings is 1. The third-order valence-corrected chi connectivity index (χ3v) is 9.10. The summed E-state index contributed by atoms with van der Waals surface area (Å²) in [6, 6.07) is 10.7. The first-order valence-electron chi connectivity index (χ1n) is 12.1. The van der Waals surface area contributed by atoms with Gasteiger partial charge in [-0.3, -0.25) is 9.57 Å².